The van der Waals surface area contributed by atoms with E-state index in [1.54, 1.807) is 0 Å². The number of carbonyl (C=O) groups is 1. The summed E-state index contributed by atoms with van der Waals surface area (Å²) < 4.78 is 0.177. The van der Waals surface area contributed by atoms with E-state index in [4.69, 9.17) is 28.9 Å². The van der Waals surface area contributed by atoms with Crippen molar-refractivity contribution in [2.45, 2.75) is 24.2 Å². The van der Waals surface area contributed by atoms with Gasteiger partial charge in [0.15, 0.2) is 0 Å². The van der Waals surface area contributed by atoms with E-state index in [9.17, 15) is 4.79 Å². The van der Waals surface area contributed by atoms with Crippen LogP contribution in [0.4, 0.5) is 0 Å². The molecule has 1 amide bonds. The molecule has 2 N–H and O–H groups in total. The van der Waals surface area contributed by atoms with Gasteiger partial charge in [0.05, 0.1) is 5.41 Å². The SMILES string of the molecule is NC(=O)[C@@]12CC[C@H](C1=C(Cl)Cl)c1[c]cccc12. The van der Waals surface area contributed by atoms with E-state index >= 15 is 0 Å². The maximum Gasteiger partial charge on any atom is 0.232 e. The highest BCUT2D eigenvalue weighted by atomic mass is 35.5. The fourth-order valence-corrected chi connectivity index (χ4v) is 3.88. The summed E-state index contributed by atoms with van der Waals surface area (Å²) >= 11 is 11.9. The van der Waals surface area contributed by atoms with Gasteiger partial charge in [0, 0.05) is 5.92 Å². The highest BCUT2D eigenvalue weighted by Crippen LogP contribution is 2.62. The van der Waals surface area contributed by atoms with E-state index in [1.165, 1.54) is 0 Å². The maximum atomic E-state index is 11.9. The topological polar surface area (TPSA) is 43.1 Å². The molecule has 87 valence electrons. The molecule has 2 bridgehead atoms. The van der Waals surface area contributed by atoms with Crippen LogP contribution >= 0.6 is 23.2 Å². The lowest BCUT2D eigenvalue weighted by Gasteiger charge is -2.25. The smallest absolute Gasteiger partial charge is 0.232 e. The molecule has 0 unspecified atom stereocenters. The molecule has 0 aliphatic heterocycles. The minimum absolute atomic E-state index is 0.101. The van der Waals surface area contributed by atoms with Crippen molar-refractivity contribution < 1.29 is 4.79 Å². The van der Waals surface area contributed by atoms with Crippen LogP contribution in [-0.4, -0.2) is 5.91 Å². The third-order valence-electron chi connectivity index (χ3n) is 3.94. The Kier molecular flexibility index (Phi) is 2.29. The average molecular weight is 267 g/mol. The molecule has 0 spiro atoms. The number of carbonyl (C=O) groups excluding carboxylic acids is 1. The van der Waals surface area contributed by atoms with Crippen molar-refractivity contribution in [2.24, 2.45) is 5.73 Å². The standard InChI is InChI=1S/C13H10Cl2NO/c14-11(15)10-8-5-6-13(10,12(16)17)9-4-2-1-3-7(8)9/h1-2,4,8H,5-6H2,(H2,16,17)/t8-,13+/m0/s1. The van der Waals surface area contributed by atoms with Gasteiger partial charge in [-0.1, -0.05) is 41.4 Å². The lowest BCUT2D eigenvalue weighted by molar-refractivity contribution is -0.122. The molecule has 17 heavy (non-hydrogen) atoms. The zero-order chi connectivity index (χ0) is 12.2. The molecular weight excluding hydrogens is 257 g/mol. The predicted octanol–water partition coefficient (Wildman–Crippen LogP) is 2.79. The summed E-state index contributed by atoms with van der Waals surface area (Å²) in [5, 5.41) is 0. The van der Waals surface area contributed by atoms with Crippen molar-refractivity contribution in [2.75, 3.05) is 0 Å². The second kappa shape index (κ2) is 3.50. The van der Waals surface area contributed by atoms with Gasteiger partial charge in [-0.05, 0) is 35.6 Å². The van der Waals surface area contributed by atoms with Crippen molar-refractivity contribution in [3.8, 4) is 0 Å². The first-order chi connectivity index (χ1) is 8.09. The van der Waals surface area contributed by atoms with Crippen LogP contribution in [0.1, 0.15) is 29.9 Å². The predicted molar refractivity (Wildman–Crippen MR) is 66.9 cm³/mol. The van der Waals surface area contributed by atoms with E-state index in [1.807, 2.05) is 18.2 Å². The largest absolute Gasteiger partial charge is 0.369 e. The van der Waals surface area contributed by atoms with Gasteiger partial charge >= 0.3 is 0 Å². The molecule has 2 atom stereocenters. The van der Waals surface area contributed by atoms with E-state index in [2.05, 4.69) is 6.07 Å². The lowest BCUT2D eigenvalue weighted by Crippen LogP contribution is -2.39. The van der Waals surface area contributed by atoms with E-state index in [0.717, 1.165) is 23.1 Å². The van der Waals surface area contributed by atoms with Crippen molar-refractivity contribution in [3.63, 3.8) is 0 Å². The molecular formula is C13H10Cl2NO. The van der Waals surface area contributed by atoms with Crippen molar-refractivity contribution >= 4 is 29.1 Å². The maximum absolute atomic E-state index is 11.9. The first-order valence-corrected chi connectivity index (χ1v) is 6.21. The fraction of sp³-hybridized carbons (Fsp3) is 0.308. The summed E-state index contributed by atoms with van der Waals surface area (Å²) in [6, 6.07) is 8.81. The summed E-state index contributed by atoms with van der Waals surface area (Å²) in [6.45, 7) is 0. The number of rotatable bonds is 1. The number of amides is 1. The third kappa shape index (κ3) is 1.20. The van der Waals surface area contributed by atoms with E-state index < -0.39 is 5.41 Å². The number of benzene rings is 1. The van der Waals surface area contributed by atoms with Crippen LogP contribution in [0.15, 0.2) is 28.3 Å². The third-order valence-corrected chi connectivity index (χ3v) is 4.34. The van der Waals surface area contributed by atoms with Gasteiger partial charge in [-0.25, -0.2) is 0 Å². The molecule has 0 saturated heterocycles. The Bertz CT molecular complexity index is 548. The molecule has 1 aromatic carbocycles. The van der Waals surface area contributed by atoms with Gasteiger partial charge < -0.3 is 5.73 Å². The van der Waals surface area contributed by atoms with E-state index in [-0.39, 0.29) is 16.3 Å². The first-order valence-electron chi connectivity index (χ1n) is 5.45. The Morgan fingerprint density at radius 1 is 1.53 bits per heavy atom. The van der Waals surface area contributed by atoms with Gasteiger partial charge in [-0.2, -0.15) is 0 Å². The number of fused-ring (bicyclic) bond motifs is 5. The van der Waals surface area contributed by atoms with E-state index in [0.29, 0.717) is 6.42 Å². The number of nitrogens with two attached hydrogens (primary N) is 1. The molecule has 0 heterocycles. The van der Waals surface area contributed by atoms with Gasteiger partial charge in [-0.3, -0.25) is 4.79 Å². The second-order valence-electron chi connectivity index (χ2n) is 4.53. The monoisotopic (exact) mass is 266 g/mol. The quantitative estimate of drug-likeness (QED) is 0.835. The average Bonchev–Trinajstić information content (AvgIpc) is 2.82. The number of hydrogen-bond donors (Lipinski definition) is 1. The van der Waals surface area contributed by atoms with Crippen molar-refractivity contribution in [1.29, 1.82) is 0 Å². The molecule has 3 rings (SSSR count). The first kappa shape index (κ1) is 11.1. The van der Waals surface area contributed by atoms with Crippen LogP contribution in [-0.2, 0) is 10.2 Å². The summed E-state index contributed by atoms with van der Waals surface area (Å²) in [6.07, 6.45) is 1.55. The lowest BCUT2D eigenvalue weighted by atomic mass is 9.77. The number of hydrogen-bond acceptors (Lipinski definition) is 1. The van der Waals surface area contributed by atoms with Crippen LogP contribution in [0.5, 0.6) is 0 Å². The molecule has 4 heteroatoms. The summed E-state index contributed by atoms with van der Waals surface area (Å²) in [5.41, 5.74) is 7.53. The molecule has 2 aliphatic carbocycles. The van der Waals surface area contributed by atoms with Crippen LogP contribution in [0.3, 0.4) is 0 Å². The molecule has 2 aliphatic rings. The zero-order valence-corrected chi connectivity index (χ0v) is 10.5. The van der Waals surface area contributed by atoms with Crippen LogP contribution in [0, 0.1) is 6.07 Å². The highest BCUT2D eigenvalue weighted by Gasteiger charge is 2.57. The Morgan fingerprint density at radius 2 is 2.29 bits per heavy atom. The molecule has 2 nitrogen and oxygen atoms in total. The molecule has 1 fully saturated rings. The Balaban J connectivity index is 2.36. The van der Waals surface area contributed by atoms with Crippen LogP contribution < -0.4 is 5.73 Å². The Morgan fingerprint density at radius 3 is 2.94 bits per heavy atom. The van der Waals surface area contributed by atoms with Gasteiger partial charge in [0.1, 0.15) is 4.49 Å². The zero-order valence-electron chi connectivity index (χ0n) is 8.97. The van der Waals surface area contributed by atoms with Gasteiger partial charge in [0.2, 0.25) is 5.91 Å². The minimum atomic E-state index is -0.795. The number of primary amides is 1. The summed E-state index contributed by atoms with van der Waals surface area (Å²) in [4.78, 5) is 11.9. The number of halogens is 2. The molecule has 0 aromatic heterocycles. The van der Waals surface area contributed by atoms with Gasteiger partial charge in [0.25, 0.3) is 0 Å². The molecule has 1 radical (unpaired) electrons. The highest BCUT2D eigenvalue weighted by molar-refractivity contribution is 6.56. The summed E-state index contributed by atoms with van der Waals surface area (Å²) in [5.74, 6) is -0.268. The minimum Gasteiger partial charge on any atom is -0.369 e. The normalized spacial score (nSPS) is 29.3. The Hall–Kier alpha value is -0.990. The van der Waals surface area contributed by atoms with Crippen LogP contribution in [0.2, 0.25) is 0 Å². The van der Waals surface area contributed by atoms with Crippen LogP contribution in [0.25, 0.3) is 0 Å². The van der Waals surface area contributed by atoms with Gasteiger partial charge in [-0.15, -0.1) is 0 Å². The molecule has 1 saturated carbocycles. The van der Waals surface area contributed by atoms with Crippen molar-refractivity contribution in [3.05, 3.63) is 45.5 Å². The summed E-state index contributed by atoms with van der Waals surface area (Å²) in [7, 11) is 0. The molecule has 1 aromatic rings. The second-order valence-corrected chi connectivity index (χ2v) is 5.48. The Labute approximate surface area is 109 Å². The fourth-order valence-electron chi connectivity index (χ4n) is 3.30. The van der Waals surface area contributed by atoms with Crippen molar-refractivity contribution in [1.82, 2.24) is 0 Å².